The highest BCUT2D eigenvalue weighted by atomic mass is 19.4. The van der Waals surface area contributed by atoms with Crippen LogP contribution < -0.4 is 4.74 Å². The molecule has 1 aliphatic rings. The maximum atomic E-state index is 14.0. The second-order valence-corrected chi connectivity index (χ2v) is 5.72. The van der Waals surface area contributed by atoms with Gasteiger partial charge in [-0.2, -0.15) is 13.2 Å². The fourth-order valence-electron chi connectivity index (χ4n) is 2.98. The van der Waals surface area contributed by atoms with E-state index in [-0.39, 0.29) is 16.9 Å². The van der Waals surface area contributed by atoms with E-state index in [1.54, 1.807) is 19.1 Å². The smallest absolute Gasteiger partial charge is 0.433 e. The predicted octanol–water partition coefficient (Wildman–Crippen LogP) is 4.17. The third-order valence-corrected chi connectivity index (χ3v) is 4.32. The lowest BCUT2D eigenvalue weighted by Crippen LogP contribution is -2.50. The minimum Gasteiger partial charge on any atom is -0.497 e. The van der Waals surface area contributed by atoms with Gasteiger partial charge in [-0.15, -0.1) is 0 Å². The molecule has 1 atom stereocenters. The fourth-order valence-corrected chi connectivity index (χ4v) is 2.98. The molecule has 3 nitrogen and oxygen atoms in total. The summed E-state index contributed by atoms with van der Waals surface area (Å²) in [6, 6.07) is 10.3. The van der Waals surface area contributed by atoms with E-state index >= 15 is 0 Å². The summed E-state index contributed by atoms with van der Waals surface area (Å²) >= 11 is 0. The van der Waals surface area contributed by atoms with Crippen molar-refractivity contribution in [2.75, 3.05) is 7.11 Å². The monoisotopic (exact) mass is 336 g/mol. The van der Waals surface area contributed by atoms with Gasteiger partial charge in [-0.3, -0.25) is 0 Å². The van der Waals surface area contributed by atoms with Crippen LogP contribution in [0.25, 0.3) is 0 Å². The quantitative estimate of drug-likeness (QED) is 0.772. The number of rotatable bonds is 2. The number of hydrogen-bond donors (Lipinski definition) is 0. The predicted molar refractivity (Wildman–Crippen MR) is 81.0 cm³/mol. The first-order chi connectivity index (χ1) is 11.3. The van der Waals surface area contributed by atoms with E-state index in [1.165, 1.54) is 37.4 Å². The molecule has 0 radical (unpaired) electrons. The zero-order valence-corrected chi connectivity index (χ0v) is 13.1. The third kappa shape index (κ3) is 2.42. The Kier molecular flexibility index (Phi) is 3.78. The Hall–Kier alpha value is -2.50. The lowest BCUT2D eigenvalue weighted by molar-refractivity contribution is -0.267. The average Bonchev–Trinajstić information content (AvgIpc) is 2.54. The highest BCUT2D eigenvalue weighted by molar-refractivity contribution is 5.93. The minimum absolute atomic E-state index is 0.156. The number of esters is 1. The van der Waals surface area contributed by atoms with Crippen molar-refractivity contribution >= 4 is 5.97 Å². The number of methoxy groups -OCH3 is 1. The van der Waals surface area contributed by atoms with Crippen molar-refractivity contribution < 1.29 is 27.4 Å². The van der Waals surface area contributed by atoms with Crippen LogP contribution in [-0.4, -0.2) is 19.3 Å². The highest BCUT2D eigenvalue weighted by Crippen LogP contribution is 2.49. The second kappa shape index (κ2) is 5.54. The summed E-state index contributed by atoms with van der Waals surface area (Å²) in [4.78, 5) is 12.3. The molecule has 1 aliphatic heterocycles. The number of ether oxygens (including phenoxy) is 2. The maximum Gasteiger partial charge on any atom is 0.433 e. The Bertz CT molecular complexity index is 798. The minimum atomic E-state index is -4.77. The Morgan fingerprint density at radius 3 is 2.54 bits per heavy atom. The SMILES string of the molecule is COc1cccc(C2(C(F)(F)F)Cc3c(C)cccc3C(=O)O2)c1. The van der Waals surface area contributed by atoms with E-state index in [0.717, 1.165) is 0 Å². The first-order valence-corrected chi connectivity index (χ1v) is 7.31. The molecule has 0 fully saturated rings. The van der Waals surface area contributed by atoms with Gasteiger partial charge in [0.25, 0.3) is 0 Å². The first kappa shape index (κ1) is 16.4. The Labute approximate surface area is 137 Å². The molecule has 3 rings (SSSR count). The molecule has 126 valence electrons. The number of aryl methyl sites for hydroxylation is 1. The molecule has 1 heterocycles. The first-order valence-electron chi connectivity index (χ1n) is 7.31. The van der Waals surface area contributed by atoms with Crippen LogP contribution in [0, 0.1) is 6.92 Å². The molecule has 2 aromatic carbocycles. The van der Waals surface area contributed by atoms with Crippen molar-refractivity contribution in [2.24, 2.45) is 0 Å². The summed E-state index contributed by atoms with van der Waals surface area (Å²) in [6.45, 7) is 1.68. The summed E-state index contributed by atoms with van der Waals surface area (Å²) in [6.07, 6.45) is -5.23. The zero-order valence-electron chi connectivity index (χ0n) is 13.1. The highest BCUT2D eigenvalue weighted by Gasteiger charge is 2.61. The number of halogens is 3. The summed E-state index contributed by atoms with van der Waals surface area (Å²) in [5.41, 5.74) is -1.72. The Morgan fingerprint density at radius 1 is 1.17 bits per heavy atom. The van der Waals surface area contributed by atoms with E-state index in [9.17, 15) is 18.0 Å². The fraction of sp³-hybridized carbons (Fsp3) is 0.278. The lowest BCUT2D eigenvalue weighted by Gasteiger charge is -2.39. The van der Waals surface area contributed by atoms with Gasteiger partial charge in [0.2, 0.25) is 5.60 Å². The number of fused-ring (bicyclic) bond motifs is 1. The number of hydrogen-bond acceptors (Lipinski definition) is 3. The molecule has 2 aromatic rings. The van der Waals surface area contributed by atoms with Gasteiger partial charge in [-0.1, -0.05) is 24.3 Å². The molecule has 0 aromatic heterocycles. The molecule has 0 saturated carbocycles. The van der Waals surface area contributed by atoms with Crippen molar-refractivity contribution in [3.8, 4) is 5.75 Å². The molecule has 0 saturated heterocycles. The van der Waals surface area contributed by atoms with Crippen molar-refractivity contribution in [1.82, 2.24) is 0 Å². The maximum absolute atomic E-state index is 14.0. The van der Waals surface area contributed by atoms with Crippen LogP contribution in [0.5, 0.6) is 5.75 Å². The largest absolute Gasteiger partial charge is 0.497 e. The van der Waals surface area contributed by atoms with Gasteiger partial charge in [0.05, 0.1) is 12.7 Å². The Balaban J connectivity index is 2.22. The van der Waals surface area contributed by atoms with Gasteiger partial charge in [0, 0.05) is 12.0 Å². The number of cyclic esters (lactones) is 1. The number of carbonyl (C=O) groups excluding carboxylic acids is 1. The molecule has 6 heteroatoms. The molecular formula is C18H15F3O3. The molecule has 0 aliphatic carbocycles. The summed E-state index contributed by atoms with van der Waals surface area (Å²) in [5.74, 6) is -0.706. The number of benzene rings is 2. The van der Waals surface area contributed by atoms with Crippen LogP contribution in [0.1, 0.15) is 27.0 Å². The number of alkyl halides is 3. The standard InChI is InChI=1S/C18H15F3O3/c1-11-5-3-8-14-15(11)10-17(18(19,20)21,24-16(14)22)12-6-4-7-13(9-12)23-2/h3-9H,10H2,1-2H3. The molecule has 0 amide bonds. The molecule has 0 bridgehead atoms. The van der Waals surface area contributed by atoms with E-state index in [4.69, 9.17) is 9.47 Å². The molecule has 24 heavy (non-hydrogen) atoms. The van der Waals surface area contributed by atoms with E-state index in [1.807, 2.05) is 0 Å². The molecule has 1 unspecified atom stereocenters. The third-order valence-electron chi connectivity index (χ3n) is 4.32. The molecule has 0 N–H and O–H groups in total. The van der Waals surface area contributed by atoms with E-state index in [2.05, 4.69) is 0 Å². The molecule has 0 spiro atoms. The van der Waals surface area contributed by atoms with Crippen LogP contribution in [0.2, 0.25) is 0 Å². The molecular weight excluding hydrogens is 321 g/mol. The summed E-state index contributed by atoms with van der Waals surface area (Å²) in [5, 5.41) is 0. The van der Waals surface area contributed by atoms with Gasteiger partial charge in [0.15, 0.2) is 0 Å². The average molecular weight is 336 g/mol. The van der Waals surface area contributed by atoms with Gasteiger partial charge >= 0.3 is 12.1 Å². The van der Waals surface area contributed by atoms with Crippen molar-refractivity contribution in [1.29, 1.82) is 0 Å². The zero-order chi connectivity index (χ0) is 17.5. The summed E-state index contributed by atoms with van der Waals surface area (Å²) in [7, 11) is 1.37. The number of carbonyl (C=O) groups is 1. The van der Waals surface area contributed by atoms with E-state index in [0.29, 0.717) is 11.1 Å². The van der Waals surface area contributed by atoms with Crippen LogP contribution >= 0.6 is 0 Å². The topological polar surface area (TPSA) is 35.5 Å². The van der Waals surface area contributed by atoms with E-state index < -0.39 is 24.2 Å². The van der Waals surface area contributed by atoms with Crippen molar-refractivity contribution in [3.63, 3.8) is 0 Å². The van der Waals surface area contributed by atoms with Gasteiger partial charge in [-0.25, -0.2) is 4.79 Å². The van der Waals surface area contributed by atoms with Crippen molar-refractivity contribution in [3.05, 3.63) is 64.7 Å². The second-order valence-electron chi connectivity index (χ2n) is 5.72. The van der Waals surface area contributed by atoms with Gasteiger partial charge in [-0.05, 0) is 36.2 Å². The lowest BCUT2D eigenvalue weighted by atomic mass is 9.81. The Morgan fingerprint density at radius 2 is 1.88 bits per heavy atom. The van der Waals surface area contributed by atoms with Crippen LogP contribution in [0.15, 0.2) is 42.5 Å². The van der Waals surface area contributed by atoms with Crippen molar-refractivity contribution in [2.45, 2.75) is 25.1 Å². The normalized spacial score (nSPS) is 20.3. The van der Waals surface area contributed by atoms with Crippen LogP contribution in [-0.2, 0) is 16.8 Å². The summed E-state index contributed by atoms with van der Waals surface area (Å²) < 4.78 is 52.0. The van der Waals surface area contributed by atoms with Gasteiger partial charge in [0.1, 0.15) is 5.75 Å². The van der Waals surface area contributed by atoms with Crippen LogP contribution in [0.3, 0.4) is 0 Å². The van der Waals surface area contributed by atoms with Crippen LogP contribution in [0.4, 0.5) is 13.2 Å². The van der Waals surface area contributed by atoms with Gasteiger partial charge < -0.3 is 9.47 Å².